The molecule has 2 saturated carbocycles. The monoisotopic (exact) mass is 257 g/mol. The second kappa shape index (κ2) is 6.56. The third kappa shape index (κ3) is 3.82. The Balaban J connectivity index is 1.30. The SMILES string of the molecule is c1ccc([C@@H]2C[C@H]2NCCCC2CCCCC2)cc1. The number of hydrogen-bond donors (Lipinski definition) is 1. The van der Waals surface area contributed by atoms with Crippen LogP contribution in [0.4, 0.5) is 0 Å². The summed E-state index contributed by atoms with van der Waals surface area (Å²) >= 11 is 0. The van der Waals surface area contributed by atoms with Crippen LogP contribution in [0.15, 0.2) is 30.3 Å². The summed E-state index contributed by atoms with van der Waals surface area (Å²) in [6.07, 6.45) is 11.6. The molecule has 19 heavy (non-hydrogen) atoms. The predicted molar refractivity (Wildman–Crippen MR) is 81.4 cm³/mol. The zero-order chi connectivity index (χ0) is 12.9. The molecule has 104 valence electrons. The largest absolute Gasteiger partial charge is 0.313 e. The van der Waals surface area contributed by atoms with Gasteiger partial charge in [0.1, 0.15) is 0 Å². The van der Waals surface area contributed by atoms with Gasteiger partial charge in [-0.2, -0.15) is 0 Å². The fourth-order valence-electron chi connectivity index (χ4n) is 3.64. The van der Waals surface area contributed by atoms with Crippen LogP contribution in [0.1, 0.15) is 62.8 Å². The van der Waals surface area contributed by atoms with Gasteiger partial charge in [0.05, 0.1) is 0 Å². The average molecular weight is 257 g/mol. The summed E-state index contributed by atoms with van der Waals surface area (Å²) in [5.74, 6) is 1.83. The molecule has 0 spiro atoms. The molecule has 2 atom stereocenters. The van der Waals surface area contributed by atoms with Crippen LogP contribution in [0.2, 0.25) is 0 Å². The van der Waals surface area contributed by atoms with Crippen molar-refractivity contribution in [1.82, 2.24) is 5.32 Å². The van der Waals surface area contributed by atoms with Gasteiger partial charge in [-0.1, -0.05) is 62.4 Å². The van der Waals surface area contributed by atoms with E-state index in [1.54, 1.807) is 0 Å². The second-order valence-corrected chi connectivity index (χ2v) is 6.46. The Morgan fingerprint density at radius 2 is 1.79 bits per heavy atom. The summed E-state index contributed by atoms with van der Waals surface area (Å²) in [6, 6.07) is 11.7. The topological polar surface area (TPSA) is 12.0 Å². The molecule has 0 aromatic heterocycles. The maximum atomic E-state index is 3.74. The lowest BCUT2D eigenvalue weighted by molar-refractivity contribution is 0.330. The molecule has 2 aliphatic rings. The van der Waals surface area contributed by atoms with Crippen molar-refractivity contribution in [2.75, 3.05) is 6.54 Å². The molecule has 0 radical (unpaired) electrons. The van der Waals surface area contributed by atoms with Crippen LogP contribution in [-0.2, 0) is 0 Å². The molecule has 0 bridgehead atoms. The van der Waals surface area contributed by atoms with Crippen molar-refractivity contribution in [3.05, 3.63) is 35.9 Å². The Kier molecular flexibility index (Phi) is 4.55. The van der Waals surface area contributed by atoms with Gasteiger partial charge in [0.15, 0.2) is 0 Å². The quantitative estimate of drug-likeness (QED) is 0.740. The molecule has 0 amide bonds. The first-order chi connectivity index (χ1) is 9.43. The number of benzene rings is 1. The average Bonchev–Trinajstić information content (AvgIpc) is 3.25. The molecule has 1 N–H and O–H groups in total. The highest BCUT2D eigenvalue weighted by molar-refractivity contribution is 5.27. The summed E-state index contributed by atoms with van der Waals surface area (Å²) in [5.41, 5.74) is 1.52. The first-order valence-corrected chi connectivity index (χ1v) is 8.22. The maximum absolute atomic E-state index is 3.74. The van der Waals surface area contributed by atoms with Gasteiger partial charge < -0.3 is 5.32 Å². The van der Waals surface area contributed by atoms with E-state index in [1.807, 2.05) is 0 Å². The number of rotatable bonds is 6. The van der Waals surface area contributed by atoms with Crippen LogP contribution in [-0.4, -0.2) is 12.6 Å². The molecule has 0 saturated heterocycles. The minimum atomic E-state index is 0.758. The molecule has 1 aromatic carbocycles. The highest BCUT2D eigenvalue weighted by Gasteiger charge is 2.37. The standard InChI is InChI=1S/C18H27N/c1-3-8-15(9-4-1)10-7-13-19-18-14-17(18)16-11-5-2-6-12-16/h2,5-6,11-12,15,17-19H,1,3-4,7-10,13-14H2/t17-,18+/m0/s1. The molecule has 3 rings (SSSR count). The molecule has 0 heterocycles. The van der Waals surface area contributed by atoms with E-state index in [0.29, 0.717) is 0 Å². The van der Waals surface area contributed by atoms with Gasteiger partial charge in [0.25, 0.3) is 0 Å². The molecule has 1 nitrogen and oxygen atoms in total. The summed E-state index contributed by atoms with van der Waals surface area (Å²) in [6.45, 7) is 1.23. The Hall–Kier alpha value is -0.820. The maximum Gasteiger partial charge on any atom is 0.0143 e. The van der Waals surface area contributed by atoms with E-state index < -0.39 is 0 Å². The summed E-state index contributed by atoms with van der Waals surface area (Å²) in [5, 5.41) is 3.74. The van der Waals surface area contributed by atoms with Crippen molar-refractivity contribution in [2.45, 2.75) is 63.3 Å². The van der Waals surface area contributed by atoms with Crippen LogP contribution in [0.5, 0.6) is 0 Å². The molecule has 2 aliphatic carbocycles. The number of nitrogens with one attached hydrogen (secondary N) is 1. The number of hydrogen-bond acceptors (Lipinski definition) is 1. The van der Waals surface area contributed by atoms with Crippen molar-refractivity contribution in [3.8, 4) is 0 Å². The van der Waals surface area contributed by atoms with E-state index in [0.717, 1.165) is 17.9 Å². The van der Waals surface area contributed by atoms with Crippen molar-refractivity contribution >= 4 is 0 Å². The molecule has 1 aromatic rings. The van der Waals surface area contributed by atoms with Crippen LogP contribution < -0.4 is 5.32 Å². The lowest BCUT2D eigenvalue weighted by Crippen LogP contribution is -2.20. The lowest BCUT2D eigenvalue weighted by Gasteiger charge is -2.21. The molecule has 0 aliphatic heterocycles. The van der Waals surface area contributed by atoms with Gasteiger partial charge in [-0.15, -0.1) is 0 Å². The Bertz CT molecular complexity index is 367. The third-order valence-corrected chi connectivity index (χ3v) is 4.94. The van der Waals surface area contributed by atoms with E-state index in [1.165, 1.54) is 63.5 Å². The van der Waals surface area contributed by atoms with E-state index in [2.05, 4.69) is 35.6 Å². The summed E-state index contributed by atoms with van der Waals surface area (Å²) in [7, 11) is 0. The Morgan fingerprint density at radius 1 is 1.00 bits per heavy atom. The van der Waals surface area contributed by atoms with Crippen LogP contribution in [0.25, 0.3) is 0 Å². The van der Waals surface area contributed by atoms with Crippen molar-refractivity contribution < 1.29 is 0 Å². The second-order valence-electron chi connectivity index (χ2n) is 6.46. The highest BCUT2D eigenvalue weighted by atomic mass is 15.0. The van der Waals surface area contributed by atoms with Gasteiger partial charge in [0.2, 0.25) is 0 Å². The fourth-order valence-corrected chi connectivity index (χ4v) is 3.64. The predicted octanol–water partition coefficient (Wildman–Crippen LogP) is 4.49. The van der Waals surface area contributed by atoms with Crippen molar-refractivity contribution in [2.24, 2.45) is 5.92 Å². The molecular weight excluding hydrogens is 230 g/mol. The van der Waals surface area contributed by atoms with E-state index >= 15 is 0 Å². The van der Waals surface area contributed by atoms with Gasteiger partial charge >= 0.3 is 0 Å². The smallest absolute Gasteiger partial charge is 0.0143 e. The molecular formula is C18H27N. The Labute approximate surface area is 117 Å². The summed E-state index contributed by atoms with van der Waals surface area (Å²) < 4.78 is 0. The zero-order valence-corrected chi connectivity index (χ0v) is 12.0. The van der Waals surface area contributed by atoms with Crippen molar-refractivity contribution in [3.63, 3.8) is 0 Å². The third-order valence-electron chi connectivity index (χ3n) is 4.94. The van der Waals surface area contributed by atoms with E-state index in [4.69, 9.17) is 0 Å². The lowest BCUT2D eigenvalue weighted by atomic mass is 9.86. The van der Waals surface area contributed by atoms with Crippen LogP contribution in [0, 0.1) is 5.92 Å². The minimum Gasteiger partial charge on any atom is -0.313 e. The van der Waals surface area contributed by atoms with Crippen LogP contribution in [0.3, 0.4) is 0 Å². The van der Waals surface area contributed by atoms with Gasteiger partial charge in [-0.25, -0.2) is 0 Å². The first kappa shape index (κ1) is 13.2. The van der Waals surface area contributed by atoms with E-state index in [-0.39, 0.29) is 0 Å². The molecule has 0 unspecified atom stereocenters. The van der Waals surface area contributed by atoms with Gasteiger partial charge in [-0.3, -0.25) is 0 Å². The molecule has 2 fully saturated rings. The zero-order valence-electron chi connectivity index (χ0n) is 12.0. The highest BCUT2D eigenvalue weighted by Crippen LogP contribution is 2.40. The Morgan fingerprint density at radius 3 is 2.58 bits per heavy atom. The van der Waals surface area contributed by atoms with Crippen LogP contribution >= 0.6 is 0 Å². The van der Waals surface area contributed by atoms with E-state index in [9.17, 15) is 0 Å². The van der Waals surface area contributed by atoms with Gasteiger partial charge in [0, 0.05) is 12.0 Å². The summed E-state index contributed by atoms with van der Waals surface area (Å²) in [4.78, 5) is 0. The minimum absolute atomic E-state index is 0.758. The molecule has 1 heteroatoms. The van der Waals surface area contributed by atoms with Gasteiger partial charge in [-0.05, 0) is 37.3 Å². The van der Waals surface area contributed by atoms with Crippen molar-refractivity contribution in [1.29, 1.82) is 0 Å². The first-order valence-electron chi connectivity index (χ1n) is 8.22. The normalized spacial score (nSPS) is 27.4. The fraction of sp³-hybridized carbons (Fsp3) is 0.667.